The molecule has 0 aliphatic carbocycles. The molecule has 0 saturated carbocycles. The first-order valence-electron chi connectivity index (χ1n) is 23.4. The summed E-state index contributed by atoms with van der Waals surface area (Å²) in [5.41, 5.74) is 40.8. The Kier molecular flexibility index (Phi) is 22.3. The standard InChI is InChI=1S/C48H67N17O8/c1-27(66)60-35(15-8-22-57-47(52)53)42(70)65-39(29-10-3-2-4-11-29)45(73)64-37(24-28-17-19-31(67)20-18-28)43(71)62-36(16-9-23-58-48(54)55)41(69)63-38(25-30-26-59-33-13-6-5-12-32(30)33)44(72)61-34(40(49)68)14-7-21-56-46(50)51/h2-6,10-13,17-20,26,34-39,59,67H,7-9,14-16,21-25H2,1H3,(H2,49,68)(H,60,66)(H,61,72)(H,62,71)(H,63,69)(H,64,73)(H,65,70)(H4,50,51,56)(H4,52,53,57)(H4,54,55,58)/t34-,35-,36-,37-,38-,39-/m0/s1. The zero-order valence-corrected chi connectivity index (χ0v) is 40.5. The lowest BCUT2D eigenvalue weighted by Gasteiger charge is -2.28. The quantitative estimate of drug-likeness (QED) is 0.0153. The van der Waals surface area contributed by atoms with Crippen LogP contribution in [0, 0.1) is 0 Å². The van der Waals surface area contributed by atoms with Crippen molar-refractivity contribution in [1.29, 1.82) is 0 Å². The number of fused-ring (bicyclic) bond motifs is 1. The summed E-state index contributed by atoms with van der Waals surface area (Å²) < 4.78 is 0. The van der Waals surface area contributed by atoms with Crippen LogP contribution in [0.15, 0.2) is 100 Å². The predicted octanol–water partition coefficient (Wildman–Crippen LogP) is -2.39. The minimum Gasteiger partial charge on any atom is -0.508 e. The molecule has 0 saturated heterocycles. The van der Waals surface area contributed by atoms with E-state index < -0.39 is 77.6 Å². The van der Waals surface area contributed by atoms with Crippen molar-refractivity contribution in [3.8, 4) is 5.75 Å². The molecule has 0 fully saturated rings. The van der Waals surface area contributed by atoms with E-state index >= 15 is 0 Å². The Morgan fingerprint density at radius 2 is 0.973 bits per heavy atom. The molecule has 0 unspecified atom stereocenters. The third kappa shape index (κ3) is 19.4. The average Bonchev–Trinajstić information content (AvgIpc) is 3.75. The van der Waals surface area contributed by atoms with Crippen molar-refractivity contribution in [2.24, 2.45) is 55.1 Å². The minimum absolute atomic E-state index is 0.0429. The molecule has 6 atom stereocenters. The van der Waals surface area contributed by atoms with Gasteiger partial charge in [-0.05, 0) is 73.4 Å². The highest BCUT2D eigenvalue weighted by molar-refractivity contribution is 5.98. The van der Waals surface area contributed by atoms with E-state index in [9.17, 15) is 38.7 Å². The van der Waals surface area contributed by atoms with Gasteiger partial charge in [-0.15, -0.1) is 0 Å². The molecular formula is C48H67N17O8. The number of benzene rings is 3. The first kappa shape index (κ1) is 56.7. The summed E-state index contributed by atoms with van der Waals surface area (Å²) in [5, 5.41) is 27.0. The molecule has 0 aliphatic heterocycles. The van der Waals surface area contributed by atoms with Gasteiger partial charge in [0.1, 0.15) is 42.0 Å². The molecule has 7 amide bonds. The molecule has 392 valence electrons. The number of guanidine groups is 3. The molecule has 25 heteroatoms. The number of aromatic nitrogens is 1. The number of para-hydroxylation sites is 1. The highest BCUT2D eigenvalue weighted by atomic mass is 16.3. The number of phenolic OH excluding ortho intramolecular Hbond substituents is 1. The number of aromatic amines is 1. The Hall–Kier alpha value is -8.90. The van der Waals surface area contributed by atoms with Crippen molar-refractivity contribution in [3.63, 3.8) is 0 Å². The van der Waals surface area contributed by atoms with Crippen molar-refractivity contribution in [2.75, 3.05) is 19.6 Å². The van der Waals surface area contributed by atoms with Gasteiger partial charge >= 0.3 is 0 Å². The van der Waals surface area contributed by atoms with Gasteiger partial charge in [-0.2, -0.15) is 0 Å². The molecule has 1 aromatic heterocycles. The molecule has 22 N–H and O–H groups in total. The lowest BCUT2D eigenvalue weighted by molar-refractivity contribution is -0.135. The molecule has 1 heterocycles. The molecule has 73 heavy (non-hydrogen) atoms. The molecular weight excluding hydrogens is 943 g/mol. The third-order valence-corrected chi connectivity index (χ3v) is 11.2. The van der Waals surface area contributed by atoms with Gasteiger partial charge in [-0.25, -0.2) is 0 Å². The molecule has 4 aromatic rings. The Morgan fingerprint density at radius 1 is 0.521 bits per heavy atom. The van der Waals surface area contributed by atoms with Gasteiger partial charge in [0.2, 0.25) is 41.4 Å². The number of nitrogens with zero attached hydrogens (tertiary/aromatic N) is 3. The fourth-order valence-electron chi connectivity index (χ4n) is 7.65. The largest absolute Gasteiger partial charge is 0.508 e. The molecule has 0 bridgehead atoms. The number of phenols is 1. The topological polar surface area (TPSA) is 447 Å². The number of aliphatic imine (C=N–C) groups is 3. The van der Waals surface area contributed by atoms with Crippen LogP contribution >= 0.6 is 0 Å². The maximum Gasteiger partial charge on any atom is 0.247 e. The number of amides is 7. The number of rotatable bonds is 29. The summed E-state index contributed by atoms with van der Waals surface area (Å²) in [4.78, 5) is 112. The molecule has 3 aromatic carbocycles. The van der Waals surface area contributed by atoms with Gasteiger partial charge in [-0.1, -0.05) is 60.7 Å². The van der Waals surface area contributed by atoms with Gasteiger partial charge in [0.25, 0.3) is 0 Å². The van der Waals surface area contributed by atoms with Crippen molar-refractivity contribution in [3.05, 3.63) is 102 Å². The molecule has 0 spiro atoms. The predicted molar refractivity (Wildman–Crippen MR) is 275 cm³/mol. The van der Waals surface area contributed by atoms with E-state index in [0.29, 0.717) is 16.7 Å². The maximum atomic E-state index is 14.7. The summed E-state index contributed by atoms with van der Waals surface area (Å²) in [6.07, 6.45) is 2.21. The van der Waals surface area contributed by atoms with E-state index in [1.807, 2.05) is 18.2 Å². The second-order valence-electron chi connectivity index (χ2n) is 17.0. The monoisotopic (exact) mass is 1010 g/mol. The number of hydrogen-bond donors (Lipinski definition) is 15. The lowest BCUT2D eigenvalue weighted by atomic mass is 10.0. The summed E-state index contributed by atoms with van der Waals surface area (Å²) in [5.74, 6) is -5.95. The van der Waals surface area contributed by atoms with Crippen LogP contribution in [0.2, 0.25) is 0 Å². The average molecular weight is 1010 g/mol. The fraction of sp³-hybridized carbons (Fsp3) is 0.375. The number of H-pyrrole nitrogens is 1. The van der Waals surface area contributed by atoms with Crippen molar-refractivity contribution >= 4 is 70.1 Å². The Balaban J connectivity index is 1.69. The molecule has 0 radical (unpaired) electrons. The number of hydrogen-bond acceptors (Lipinski definition) is 11. The summed E-state index contributed by atoms with van der Waals surface area (Å²) in [6, 6.07) is 13.4. The smallest absolute Gasteiger partial charge is 0.247 e. The number of aromatic hydroxyl groups is 1. The van der Waals surface area contributed by atoms with Crippen molar-refractivity contribution in [2.45, 2.75) is 94.5 Å². The van der Waals surface area contributed by atoms with Crippen molar-refractivity contribution in [1.82, 2.24) is 36.9 Å². The van der Waals surface area contributed by atoms with E-state index in [1.54, 1.807) is 42.6 Å². The fourth-order valence-corrected chi connectivity index (χ4v) is 7.65. The van der Waals surface area contributed by atoms with Crippen LogP contribution in [0.25, 0.3) is 10.9 Å². The van der Waals surface area contributed by atoms with Gasteiger partial charge in [0, 0.05) is 56.5 Å². The summed E-state index contributed by atoms with van der Waals surface area (Å²) in [7, 11) is 0. The van der Waals surface area contributed by atoms with E-state index in [0.717, 1.165) is 10.9 Å². The Morgan fingerprint density at radius 3 is 1.52 bits per heavy atom. The van der Waals surface area contributed by atoms with Gasteiger partial charge in [0.05, 0.1) is 0 Å². The molecule has 0 aliphatic rings. The van der Waals surface area contributed by atoms with E-state index in [4.69, 9.17) is 40.1 Å². The second-order valence-corrected chi connectivity index (χ2v) is 17.0. The van der Waals surface area contributed by atoms with Gasteiger partial charge < -0.3 is 82.1 Å². The normalized spacial score (nSPS) is 13.3. The number of carbonyl (C=O) groups is 7. The van der Waals surface area contributed by atoms with Crippen LogP contribution in [0.4, 0.5) is 0 Å². The van der Waals surface area contributed by atoms with Crippen LogP contribution in [-0.4, -0.2) is 119 Å². The first-order chi connectivity index (χ1) is 34.8. The van der Waals surface area contributed by atoms with E-state index in [-0.39, 0.29) is 94.6 Å². The van der Waals surface area contributed by atoms with Crippen LogP contribution in [0.5, 0.6) is 5.75 Å². The summed E-state index contributed by atoms with van der Waals surface area (Å²) >= 11 is 0. The SMILES string of the molecule is CC(=O)N[C@@H](CCCN=C(N)N)C(=O)N[C@H](C(=O)N[C@@H](Cc1ccc(O)cc1)C(=O)N[C@@H](CCCN=C(N)N)C(=O)N[C@@H](Cc1c[nH]c2ccccc12)C(=O)N[C@@H](CCCN=C(N)N)C(N)=O)c1ccccc1. The number of nitrogens with two attached hydrogens (primary N) is 7. The zero-order chi connectivity index (χ0) is 53.5. The highest BCUT2D eigenvalue weighted by Gasteiger charge is 2.34. The highest BCUT2D eigenvalue weighted by Crippen LogP contribution is 2.21. The van der Waals surface area contributed by atoms with Crippen LogP contribution in [0.3, 0.4) is 0 Å². The summed E-state index contributed by atoms with van der Waals surface area (Å²) in [6.45, 7) is 1.58. The van der Waals surface area contributed by atoms with Gasteiger partial charge in [0.15, 0.2) is 17.9 Å². The van der Waals surface area contributed by atoms with Gasteiger partial charge in [-0.3, -0.25) is 48.5 Å². The molecule has 4 rings (SSSR count). The Labute approximate surface area is 421 Å². The number of carbonyl (C=O) groups excluding carboxylic acids is 7. The Bertz CT molecular complexity index is 2590. The number of nitrogens with one attached hydrogen (secondary N) is 7. The lowest BCUT2D eigenvalue weighted by Crippen LogP contribution is -2.59. The van der Waals surface area contributed by atoms with Crippen molar-refractivity contribution < 1.29 is 38.7 Å². The first-order valence-corrected chi connectivity index (χ1v) is 23.4. The van der Waals surface area contributed by atoms with E-state index in [2.05, 4.69) is 51.9 Å². The maximum absolute atomic E-state index is 14.7. The van der Waals surface area contributed by atoms with Crippen LogP contribution in [0.1, 0.15) is 68.2 Å². The number of primary amides is 1. The molecule has 25 nitrogen and oxygen atoms in total. The second kappa shape index (κ2) is 28.7. The third-order valence-electron chi connectivity index (χ3n) is 11.2. The minimum atomic E-state index is -1.44. The van der Waals surface area contributed by atoms with E-state index in [1.165, 1.54) is 31.2 Å². The van der Waals surface area contributed by atoms with Crippen LogP contribution < -0.4 is 72.0 Å². The zero-order valence-electron chi connectivity index (χ0n) is 40.5. The van der Waals surface area contributed by atoms with Crippen LogP contribution in [-0.2, 0) is 46.4 Å².